The highest BCUT2D eigenvalue weighted by Crippen LogP contribution is 2.16. The van der Waals surface area contributed by atoms with E-state index in [0.717, 1.165) is 43.1 Å². The molecule has 1 atom stereocenters. The van der Waals surface area contributed by atoms with Crippen LogP contribution in [-0.4, -0.2) is 15.6 Å². The summed E-state index contributed by atoms with van der Waals surface area (Å²) in [6, 6.07) is 4.15. The van der Waals surface area contributed by atoms with E-state index in [4.69, 9.17) is 10.2 Å². The van der Waals surface area contributed by atoms with Gasteiger partial charge in [0, 0.05) is 31.6 Å². The zero-order chi connectivity index (χ0) is 11.0. The lowest BCUT2D eigenvalue weighted by molar-refractivity contribution is 0.463. The quantitative estimate of drug-likeness (QED) is 0.825. The molecule has 0 bridgehead atoms. The molecule has 2 N–H and O–H groups in total. The fourth-order valence-corrected chi connectivity index (χ4v) is 2.19. The zero-order valence-electron chi connectivity index (χ0n) is 9.10. The summed E-state index contributed by atoms with van der Waals surface area (Å²) in [5.41, 5.74) is 6.99. The number of hydrogen-bond donors (Lipinski definition) is 1. The number of hydrogen-bond acceptors (Lipinski definition) is 3. The molecule has 0 aromatic carbocycles. The van der Waals surface area contributed by atoms with E-state index < -0.39 is 0 Å². The highest BCUT2D eigenvalue weighted by molar-refractivity contribution is 5.14. The van der Waals surface area contributed by atoms with Crippen LogP contribution in [0.3, 0.4) is 0 Å². The first-order chi connectivity index (χ1) is 7.81. The second kappa shape index (κ2) is 3.79. The first-order valence-corrected chi connectivity index (χ1v) is 5.64. The Hall–Kier alpha value is -1.55. The average molecular weight is 217 g/mol. The molecule has 4 nitrogen and oxygen atoms in total. The summed E-state index contributed by atoms with van der Waals surface area (Å²) in [5, 5.41) is 0. The molecule has 0 saturated carbocycles. The second-order valence-corrected chi connectivity index (χ2v) is 4.35. The molecule has 1 unspecified atom stereocenters. The monoisotopic (exact) mass is 217 g/mol. The number of nitrogens with zero attached hydrogens (tertiary/aromatic N) is 2. The van der Waals surface area contributed by atoms with Gasteiger partial charge in [-0.15, -0.1) is 0 Å². The van der Waals surface area contributed by atoms with E-state index in [0.29, 0.717) is 0 Å². The highest BCUT2D eigenvalue weighted by Gasteiger charge is 2.17. The number of rotatable bonds is 2. The van der Waals surface area contributed by atoms with E-state index in [1.54, 1.807) is 6.26 Å². The van der Waals surface area contributed by atoms with Gasteiger partial charge in [0.1, 0.15) is 11.6 Å². The Morgan fingerprint density at radius 3 is 3.31 bits per heavy atom. The Kier molecular flexibility index (Phi) is 2.29. The van der Waals surface area contributed by atoms with Gasteiger partial charge in [-0.3, -0.25) is 0 Å². The molecule has 2 aromatic rings. The Morgan fingerprint density at radius 1 is 1.56 bits per heavy atom. The first kappa shape index (κ1) is 9.66. The van der Waals surface area contributed by atoms with Crippen molar-refractivity contribution in [1.29, 1.82) is 0 Å². The molecule has 84 valence electrons. The van der Waals surface area contributed by atoms with Crippen molar-refractivity contribution in [1.82, 2.24) is 9.55 Å². The van der Waals surface area contributed by atoms with Crippen LogP contribution in [0, 0.1) is 0 Å². The lowest BCUT2D eigenvalue weighted by Crippen LogP contribution is -2.30. The molecule has 1 aliphatic heterocycles. The van der Waals surface area contributed by atoms with E-state index in [1.165, 1.54) is 0 Å². The van der Waals surface area contributed by atoms with Gasteiger partial charge in [-0.2, -0.15) is 0 Å². The summed E-state index contributed by atoms with van der Waals surface area (Å²) in [7, 11) is 0. The number of furan rings is 1. The molecule has 0 radical (unpaired) electrons. The van der Waals surface area contributed by atoms with Crippen LogP contribution in [0.15, 0.2) is 29.0 Å². The van der Waals surface area contributed by atoms with Gasteiger partial charge < -0.3 is 14.7 Å². The molecule has 0 spiro atoms. The van der Waals surface area contributed by atoms with Crippen LogP contribution in [0.1, 0.15) is 23.7 Å². The molecular weight excluding hydrogens is 202 g/mol. The molecule has 16 heavy (non-hydrogen) atoms. The summed E-state index contributed by atoms with van der Waals surface area (Å²) in [6.07, 6.45) is 6.51. The van der Waals surface area contributed by atoms with Gasteiger partial charge in [0.25, 0.3) is 0 Å². The fourth-order valence-electron chi connectivity index (χ4n) is 2.19. The summed E-state index contributed by atoms with van der Waals surface area (Å²) in [6.45, 7) is 0.988. The van der Waals surface area contributed by atoms with E-state index in [-0.39, 0.29) is 6.04 Å². The molecule has 0 aliphatic carbocycles. The molecule has 2 aromatic heterocycles. The molecule has 4 heteroatoms. The first-order valence-electron chi connectivity index (χ1n) is 5.64. The van der Waals surface area contributed by atoms with Gasteiger partial charge in [-0.1, -0.05) is 0 Å². The lowest BCUT2D eigenvalue weighted by atomic mass is 10.1. The van der Waals surface area contributed by atoms with Crippen molar-refractivity contribution in [3.05, 3.63) is 41.9 Å². The zero-order valence-corrected chi connectivity index (χ0v) is 9.10. The van der Waals surface area contributed by atoms with Crippen LogP contribution in [0.4, 0.5) is 0 Å². The molecule has 3 rings (SSSR count). The summed E-state index contributed by atoms with van der Waals surface area (Å²) in [4.78, 5) is 4.60. The van der Waals surface area contributed by atoms with E-state index in [2.05, 4.69) is 15.7 Å². The van der Waals surface area contributed by atoms with Gasteiger partial charge in [0.2, 0.25) is 0 Å². The summed E-state index contributed by atoms with van der Waals surface area (Å²) >= 11 is 0. The minimum absolute atomic E-state index is 0.270. The smallest absolute Gasteiger partial charge is 0.110 e. The molecule has 0 saturated heterocycles. The van der Waals surface area contributed by atoms with Crippen LogP contribution >= 0.6 is 0 Å². The van der Waals surface area contributed by atoms with Gasteiger partial charge in [-0.25, -0.2) is 4.98 Å². The predicted octanol–water partition coefficient (Wildman–Crippen LogP) is 1.34. The number of nitrogens with two attached hydrogens (primary N) is 1. The van der Waals surface area contributed by atoms with Crippen molar-refractivity contribution in [3.8, 4) is 0 Å². The maximum atomic E-state index is 5.92. The average Bonchev–Trinajstić information content (AvgIpc) is 2.86. The van der Waals surface area contributed by atoms with Gasteiger partial charge in [0.05, 0.1) is 12.0 Å². The maximum Gasteiger partial charge on any atom is 0.110 e. The van der Waals surface area contributed by atoms with Gasteiger partial charge in [0.15, 0.2) is 0 Å². The third kappa shape index (κ3) is 1.76. The third-order valence-corrected chi connectivity index (χ3v) is 3.03. The number of aromatic nitrogens is 2. The van der Waals surface area contributed by atoms with Crippen molar-refractivity contribution >= 4 is 0 Å². The van der Waals surface area contributed by atoms with E-state index in [9.17, 15) is 0 Å². The molecule has 0 fully saturated rings. The molecule has 1 aliphatic rings. The van der Waals surface area contributed by atoms with Crippen LogP contribution in [0.2, 0.25) is 0 Å². The number of fused-ring (bicyclic) bond motifs is 1. The molecule has 3 heterocycles. The molecule has 0 amide bonds. The van der Waals surface area contributed by atoms with Crippen molar-refractivity contribution < 1.29 is 4.42 Å². The summed E-state index contributed by atoms with van der Waals surface area (Å²) in [5.74, 6) is 2.07. The van der Waals surface area contributed by atoms with E-state index >= 15 is 0 Å². The topological polar surface area (TPSA) is 57.0 Å². The second-order valence-electron chi connectivity index (χ2n) is 4.35. The minimum atomic E-state index is 0.270. The predicted molar refractivity (Wildman–Crippen MR) is 60.0 cm³/mol. The standard InChI is InChI=1S/C12H15N3O/c13-9-3-4-15-8-10(14-12(15)6-9)7-11-2-1-5-16-11/h1-2,5,8-9H,3-4,6-7,13H2. The highest BCUT2D eigenvalue weighted by atomic mass is 16.3. The van der Waals surface area contributed by atoms with Crippen molar-refractivity contribution in [3.63, 3.8) is 0 Å². The Morgan fingerprint density at radius 2 is 2.50 bits per heavy atom. The van der Waals surface area contributed by atoms with E-state index in [1.807, 2.05) is 12.1 Å². The van der Waals surface area contributed by atoms with Crippen molar-refractivity contribution in [2.45, 2.75) is 31.8 Å². The third-order valence-electron chi connectivity index (χ3n) is 3.03. The van der Waals surface area contributed by atoms with Crippen LogP contribution in [0.25, 0.3) is 0 Å². The van der Waals surface area contributed by atoms with Crippen LogP contribution in [-0.2, 0) is 19.4 Å². The van der Waals surface area contributed by atoms with Crippen molar-refractivity contribution in [2.24, 2.45) is 5.73 Å². The Balaban J connectivity index is 1.82. The Labute approximate surface area is 94.1 Å². The maximum absolute atomic E-state index is 5.92. The summed E-state index contributed by atoms with van der Waals surface area (Å²) < 4.78 is 7.53. The van der Waals surface area contributed by atoms with Crippen LogP contribution in [0.5, 0.6) is 0 Å². The normalized spacial score (nSPS) is 19.7. The SMILES string of the molecule is NC1CCn2cc(Cc3ccco3)nc2C1. The van der Waals surface area contributed by atoms with Crippen LogP contribution < -0.4 is 5.73 Å². The van der Waals surface area contributed by atoms with Gasteiger partial charge in [-0.05, 0) is 18.6 Å². The number of imidazole rings is 1. The molecular formula is C12H15N3O. The Bertz CT molecular complexity index is 472. The fraction of sp³-hybridized carbons (Fsp3) is 0.417. The van der Waals surface area contributed by atoms with Crippen molar-refractivity contribution in [2.75, 3.05) is 0 Å². The number of aryl methyl sites for hydroxylation is 1. The van der Waals surface area contributed by atoms with Gasteiger partial charge >= 0.3 is 0 Å². The lowest BCUT2D eigenvalue weighted by Gasteiger charge is -2.18. The largest absolute Gasteiger partial charge is 0.469 e. The minimum Gasteiger partial charge on any atom is -0.469 e.